The molecule has 134 valence electrons. The van der Waals surface area contributed by atoms with Crippen LogP contribution in [-0.2, 0) is 12.4 Å². The standard InChI is InChI=1S/C16H10ClF6NO/c17-12-3-1-9(2-4-12)14(25)8-24-13-6-10(15(18,19)20)5-11(7-13)16(21,22)23/h1-7,24H,8H2. The second kappa shape index (κ2) is 6.95. The van der Waals surface area contributed by atoms with Crippen molar-refractivity contribution in [3.8, 4) is 0 Å². The lowest BCUT2D eigenvalue weighted by molar-refractivity contribution is -0.143. The van der Waals surface area contributed by atoms with Gasteiger partial charge in [-0.25, -0.2) is 0 Å². The fourth-order valence-electron chi connectivity index (χ4n) is 1.98. The summed E-state index contributed by atoms with van der Waals surface area (Å²) in [5.41, 5.74) is -3.14. The van der Waals surface area contributed by atoms with Gasteiger partial charge in [0.05, 0.1) is 17.7 Å². The monoisotopic (exact) mass is 381 g/mol. The number of hydrogen-bond donors (Lipinski definition) is 1. The largest absolute Gasteiger partial charge is 0.416 e. The molecule has 2 nitrogen and oxygen atoms in total. The highest BCUT2D eigenvalue weighted by Crippen LogP contribution is 2.37. The van der Waals surface area contributed by atoms with Crippen molar-refractivity contribution in [3.63, 3.8) is 0 Å². The summed E-state index contributed by atoms with van der Waals surface area (Å²) >= 11 is 5.67. The summed E-state index contributed by atoms with van der Waals surface area (Å²) in [6.45, 7) is -0.472. The van der Waals surface area contributed by atoms with Crippen LogP contribution < -0.4 is 5.32 Å². The molecule has 25 heavy (non-hydrogen) atoms. The van der Waals surface area contributed by atoms with Gasteiger partial charge in [0, 0.05) is 16.3 Å². The third-order valence-corrected chi connectivity index (χ3v) is 3.46. The summed E-state index contributed by atoms with van der Waals surface area (Å²) < 4.78 is 76.6. The van der Waals surface area contributed by atoms with Crippen LogP contribution in [0.15, 0.2) is 42.5 Å². The molecule has 0 spiro atoms. The number of ketones is 1. The molecular formula is C16H10ClF6NO. The van der Waals surface area contributed by atoms with Crippen molar-refractivity contribution in [2.24, 2.45) is 0 Å². The molecular weight excluding hydrogens is 372 g/mol. The second-order valence-corrected chi connectivity index (χ2v) is 5.51. The molecule has 0 aliphatic carbocycles. The summed E-state index contributed by atoms with van der Waals surface area (Å²) in [5, 5.41) is 2.69. The molecule has 0 saturated carbocycles. The molecule has 0 amide bonds. The van der Waals surface area contributed by atoms with Gasteiger partial charge in [0.15, 0.2) is 5.78 Å². The van der Waals surface area contributed by atoms with Crippen molar-refractivity contribution in [2.75, 3.05) is 11.9 Å². The van der Waals surface area contributed by atoms with Crippen molar-refractivity contribution < 1.29 is 31.1 Å². The van der Waals surface area contributed by atoms with E-state index in [1.54, 1.807) is 0 Å². The van der Waals surface area contributed by atoms with Crippen molar-refractivity contribution >= 4 is 23.1 Å². The Morgan fingerprint density at radius 3 is 1.80 bits per heavy atom. The van der Waals surface area contributed by atoms with Gasteiger partial charge in [0.2, 0.25) is 0 Å². The van der Waals surface area contributed by atoms with Crippen LogP contribution in [0.4, 0.5) is 32.0 Å². The third-order valence-electron chi connectivity index (χ3n) is 3.21. The van der Waals surface area contributed by atoms with Crippen LogP contribution in [0.1, 0.15) is 21.5 Å². The molecule has 0 aliphatic rings. The number of anilines is 1. The van der Waals surface area contributed by atoms with E-state index in [0.717, 1.165) is 0 Å². The minimum absolute atomic E-state index is 0.0200. The van der Waals surface area contributed by atoms with Gasteiger partial charge in [-0.2, -0.15) is 26.3 Å². The maximum Gasteiger partial charge on any atom is 0.416 e. The Morgan fingerprint density at radius 1 is 0.880 bits per heavy atom. The van der Waals surface area contributed by atoms with Crippen LogP contribution in [0.5, 0.6) is 0 Å². The lowest BCUT2D eigenvalue weighted by Gasteiger charge is -2.15. The Morgan fingerprint density at radius 2 is 1.36 bits per heavy atom. The van der Waals surface area contributed by atoms with Gasteiger partial charge >= 0.3 is 12.4 Å². The zero-order chi connectivity index (χ0) is 18.8. The molecule has 0 fully saturated rings. The topological polar surface area (TPSA) is 29.1 Å². The van der Waals surface area contributed by atoms with E-state index < -0.39 is 41.5 Å². The maximum atomic E-state index is 12.8. The van der Waals surface area contributed by atoms with E-state index >= 15 is 0 Å². The van der Waals surface area contributed by atoms with E-state index in [9.17, 15) is 31.1 Å². The van der Waals surface area contributed by atoms with Crippen molar-refractivity contribution in [3.05, 3.63) is 64.2 Å². The molecule has 2 aromatic rings. The first-order valence-corrected chi connectivity index (χ1v) is 7.17. The normalized spacial score (nSPS) is 12.1. The predicted molar refractivity (Wildman–Crippen MR) is 80.7 cm³/mol. The smallest absolute Gasteiger partial charge is 0.378 e. The van der Waals surface area contributed by atoms with E-state index in [0.29, 0.717) is 17.2 Å². The Kier molecular flexibility index (Phi) is 5.31. The number of hydrogen-bond acceptors (Lipinski definition) is 2. The van der Waals surface area contributed by atoms with Crippen molar-refractivity contribution in [1.82, 2.24) is 0 Å². The van der Waals surface area contributed by atoms with Crippen LogP contribution in [-0.4, -0.2) is 12.3 Å². The van der Waals surface area contributed by atoms with E-state index in [-0.39, 0.29) is 11.6 Å². The summed E-state index contributed by atoms with van der Waals surface area (Å²) in [5.74, 6) is -0.511. The van der Waals surface area contributed by atoms with Gasteiger partial charge in [0.1, 0.15) is 0 Å². The Hall–Kier alpha value is -2.22. The molecule has 9 heteroatoms. The SMILES string of the molecule is O=C(CNc1cc(C(F)(F)F)cc(C(F)(F)F)c1)c1ccc(Cl)cc1. The van der Waals surface area contributed by atoms with Gasteiger partial charge < -0.3 is 5.32 Å². The molecule has 0 unspecified atom stereocenters. The second-order valence-electron chi connectivity index (χ2n) is 5.08. The number of Topliss-reactive ketones (excluding diaryl/α,β-unsaturated/α-hetero) is 1. The number of halogens is 7. The number of carbonyl (C=O) groups excluding carboxylic acids is 1. The van der Waals surface area contributed by atoms with Gasteiger partial charge in [-0.3, -0.25) is 4.79 Å². The van der Waals surface area contributed by atoms with E-state index in [4.69, 9.17) is 11.6 Å². The van der Waals surface area contributed by atoms with Crippen LogP contribution >= 0.6 is 11.6 Å². The van der Waals surface area contributed by atoms with Crippen molar-refractivity contribution in [2.45, 2.75) is 12.4 Å². The molecule has 0 saturated heterocycles. The molecule has 0 atom stereocenters. The highest BCUT2D eigenvalue weighted by molar-refractivity contribution is 6.30. The number of nitrogens with one attached hydrogen (secondary N) is 1. The fraction of sp³-hybridized carbons (Fsp3) is 0.188. The summed E-state index contributed by atoms with van der Waals surface area (Å²) in [6, 6.07) is 6.75. The first-order valence-electron chi connectivity index (χ1n) is 6.79. The Bertz CT molecular complexity index is 735. The predicted octanol–water partition coefficient (Wildman–Crippen LogP) is 5.67. The minimum Gasteiger partial charge on any atom is -0.378 e. The minimum atomic E-state index is -4.95. The van der Waals surface area contributed by atoms with Crippen LogP contribution in [0.25, 0.3) is 0 Å². The lowest BCUT2D eigenvalue weighted by atomic mass is 10.1. The van der Waals surface area contributed by atoms with Crippen LogP contribution in [0.2, 0.25) is 5.02 Å². The first kappa shape index (κ1) is 19.1. The van der Waals surface area contributed by atoms with Gasteiger partial charge in [-0.05, 0) is 42.5 Å². The molecule has 0 aliphatic heterocycles. The number of alkyl halides is 6. The zero-order valence-corrected chi connectivity index (χ0v) is 13.1. The molecule has 1 N–H and O–H groups in total. The number of carbonyl (C=O) groups is 1. The molecule has 2 rings (SSSR count). The highest BCUT2D eigenvalue weighted by Gasteiger charge is 2.36. The molecule has 0 heterocycles. The summed E-state index contributed by atoms with van der Waals surface area (Å²) in [4.78, 5) is 11.9. The maximum absolute atomic E-state index is 12.8. The van der Waals surface area contributed by atoms with E-state index in [1.807, 2.05) is 0 Å². The molecule has 2 aromatic carbocycles. The molecule has 0 bridgehead atoms. The zero-order valence-electron chi connectivity index (χ0n) is 12.3. The fourth-order valence-corrected chi connectivity index (χ4v) is 2.10. The van der Waals surface area contributed by atoms with E-state index in [1.165, 1.54) is 24.3 Å². The van der Waals surface area contributed by atoms with Crippen LogP contribution in [0, 0.1) is 0 Å². The van der Waals surface area contributed by atoms with Gasteiger partial charge in [-0.1, -0.05) is 11.6 Å². The highest BCUT2D eigenvalue weighted by atomic mass is 35.5. The molecule has 0 radical (unpaired) electrons. The average molecular weight is 382 g/mol. The molecule has 0 aromatic heterocycles. The number of benzene rings is 2. The lowest BCUT2D eigenvalue weighted by Crippen LogP contribution is -2.16. The van der Waals surface area contributed by atoms with Crippen molar-refractivity contribution in [1.29, 1.82) is 0 Å². The van der Waals surface area contributed by atoms with Gasteiger partial charge in [-0.15, -0.1) is 0 Å². The summed E-state index contributed by atoms with van der Waals surface area (Å²) in [6.07, 6.45) is -9.89. The summed E-state index contributed by atoms with van der Waals surface area (Å²) in [7, 11) is 0. The average Bonchev–Trinajstić information content (AvgIpc) is 2.51. The van der Waals surface area contributed by atoms with Gasteiger partial charge in [0.25, 0.3) is 0 Å². The quantitative estimate of drug-likeness (QED) is 0.546. The number of rotatable bonds is 4. The van der Waals surface area contributed by atoms with Crippen LogP contribution in [0.3, 0.4) is 0 Å². The first-order chi connectivity index (χ1) is 11.5. The Balaban J connectivity index is 2.23. The third kappa shape index (κ3) is 5.12. The Labute approximate surface area is 143 Å². The van der Waals surface area contributed by atoms with E-state index in [2.05, 4.69) is 5.32 Å².